The number of thiophene rings is 1. The average Bonchev–Trinajstić information content (AvgIpc) is 3.41. The number of hydrogen-bond acceptors (Lipinski definition) is 8. The zero-order chi connectivity index (χ0) is 23.3. The summed E-state index contributed by atoms with van der Waals surface area (Å²) in [4.78, 5) is 49.9. The standard InChI is InChI=1S/C20H23N3O7S2/c1-7-14-13(8(2)24)18(26)23(14)15(20(29)30)16(7)32-10-4-11(21-5-10)17(25)22-9-3-12(19(27)28)31-6-9/h3,6-8,10-11,13-14,21,24H,4-5H2,1-2H3,(H,22,25)(H,27,28)(H,29,30)/t7-,8-,10+,11+,13-,14-/m1/s1. The highest BCUT2D eigenvalue weighted by Gasteiger charge is 2.60. The molecule has 0 bridgehead atoms. The van der Waals surface area contributed by atoms with Crippen LogP contribution in [0.1, 0.15) is 29.9 Å². The van der Waals surface area contributed by atoms with Crippen molar-refractivity contribution in [3.8, 4) is 0 Å². The molecule has 0 aliphatic carbocycles. The van der Waals surface area contributed by atoms with Crippen LogP contribution in [0.15, 0.2) is 22.0 Å². The van der Waals surface area contributed by atoms with Gasteiger partial charge in [0.2, 0.25) is 11.8 Å². The van der Waals surface area contributed by atoms with Gasteiger partial charge in [0, 0.05) is 28.0 Å². The van der Waals surface area contributed by atoms with E-state index in [9.17, 15) is 29.4 Å². The molecule has 3 aliphatic heterocycles. The van der Waals surface area contributed by atoms with E-state index >= 15 is 0 Å². The van der Waals surface area contributed by atoms with Crippen LogP contribution in [0.5, 0.6) is 0 Å². The highest BCUT2D eigenvalue weighted by atomic mass is 32.2. The van der Waals surface area contributed by atoms with Crippen LogP contribution < -0.4 is 10.6 Å². The SMILES string of the molecule is C[C@@H](O)[C@H]1C(=O)N2C(C(=O)O)=C(S[C@@H]3CN[C@H](C(=O)Nc4csc(C(=O)O)c4)C3)[C@H](C)[C@H]12. The average molecular weight is 482 g/mol. The second-order valence-electron chi connectivity index (χ2n) is 8.20. The summed E-state index contributed by atoms with van der Waals surface area (Å²) in [6.45, 7) is 3.88. The molecule has 0 aromatic carbocycles. The molecule has 0 unspecified atom stereocenters. The number of thioether (sulfide) groups is 1. The minimum absolute atomic E-state index is 0.0261. The number of nitrogens with one attached hydrogen (secondary N) is 2. The fourth-order valence-corrected chi connectivity index (χ4v) is 6.75. The first-order valence-corrected chi connectivity index (χ1v) is 11.9. The Morgan fingerprint density at radius 3 is 2.62 bits per heavy atom. The van der Waals surface area contributed by atoms with Crippen molar-refractivity contribution in [1.82, 2.24) is 10.2 Å². The van der Waals surface area contributed by atoms with Crippen molar-refractivity contribution < 1.29 is 34.5 Å². The fraction of sp³-hybridized carbons (Fsp3) is 0.500. The number of amides is 2. The number of hydrogen-bond donors (Lipinski definition) is 5. The van der Waals surface area contributed by atoms with Crippen LogP contribution in [-0.4, -0.2) is 74.0 Å². The third kappa shape index (κ3) is 3.81. The van der Waals surface area contributed by atoms with E-state index in [2.05, 4.69) is 10.6 Å². The number of β-lactam (4-membered cyclic amide) rings is 1. The number of carbonyl (C=O) groups excluding carboxylic acids is 2. The molecule has 0 spiro atoms. The molecular weight excluding hydrogens is 458 g/mol. The Balaban J connectivity index is 1.42. The van der Waals surface area contributed by atoms with Crippen LogP contribution in [0.25, 0.3) is 0 Å². The third-order valence-electron chi connectivity index (χ3n) is 6.09. The number of aliphatic hydroxyl groups is 1. The van der Waals surface area contributed by atoms with Gasteiger partial charge in [-0.1, -0.05) is 6.92 Å². The number of rotatable bonds is 7. The number of anilines is 1. The van der Waals surface area contributed by atoms with E-state index in [0.29, 0.717) is 23.6 Å². The number of aromatic carboxylic acids is 1. The second kappa shape index (κ2) is 8.50. The number of carboxylic acid groups (broad SMARTS) is 2. The van der Waals surface area contributed by atoms with Crippen LogP contribution in [0.2, 0.25) is 0 Å². The molecule has 2 saturated heterocycles. The summed E-state index contributed by atoms with van der Waals surface area (Å²) in [5.74, 6) is -3.73. The molecule has 5 N–H and O–H groups in total. The number of carbonyl (C=O) groups is 4. The summed E-state index contributed by atoms with van der Waals surface area (Å²) in [6.07, 6.45) is -0.404. The summed E-state index contributed by atoms with van der Waals surface area (Å²) < 4.78 is 0. The Morgan fingerprint density at radius 2 is 2.03 bits per heavy atom. The van der Waals surface area contributed by atoms with Gasteiger partial charge in [-0.25, -0.2) is 9.59 Å². The highest BCUT2D eigenvalue weighted by Crippen LogP contribution is 2.51. The quantitative estimate of drug-likeness (QED) is 0.359. The van der Waals surface area contributed by atoms with E-state index < -0.39 is 30.0 Å². The predicted octanol–water partition coefficient (Wildman–Crippen LogP) is 1.00. The minimum Gasteiger partial charge on any atom is -0.477 e. The maximum Gasteiger partial charge on any atom is 0.353 e. The summed E-state index contributed by atoms with van der Waals surface area (Å²) in [7, 11) is 0. The smallest absolute Gasteiger partial charge is 0.353 e. The van der Waals surface area contributed by atoms with E-state index in [-0.39, 0.29) is 39.6 Å². The maximum absolute atomic E-state index is 12.6. The first-order valence-electron chi connectivity index (χ1n) is 10.1. The summed E-state index contributed by atoms with van der Waals surface area (Å²) in [6, 6.07) is 0.525. The highest BCUT2D eigenvalue weighted by molar-refractivity contribution is 8.03. The van der Waals surface area contributed by atoms with Gasteiger partial charge in [-0.2, -0.15) is 0 Å². The number of aliphatic carboxylic acids is 1. The van der Waals surface area contributed by atoms with Crippen molar-refractivity contribution in [3.05, 3.63) is 26.9 Å². The topological polar surface area (TPSA) is 156 Å². The first-order chi connectivity index (χ1) is 15.1. The summed E-state index contributed by atoms with van der Waals surface area (Å²) >= 11 is 2.39. The van der Waals surface area contributed by atoms with Gasteiger partial charge in [0.05, 0.1) is 29.8 Å². The van der Waals surface area contributed by atoms with E-state index in [0.717, 1.165) is 11.3 Å². The lowest BCUT2D eigenvalue weighted by atomic mass is 9.79. The molecule has 2 amide bonds. The van der Waals surface area contributed by atoms with Crippen LogP contribution in [0.4, 0.5) is 5.69 Å². The molecule has 10 nitrogen and oxygen atoms in total. The lowest BCUT2D eigenvalue weighted by Crippen LogP contribution is -2.63. The number of carboxylic acids is 2. The number of fused-ring (bicyclic) bond motifs is 1. The first kappa shape index (κ1) is 22.8. The molecule has 1 aromatic heterocycles. The lowest BCUT2D eigenvalue weighted by molar-refractivity contribution is -0.163. The zero-order valence-corrected chi connectivity index (χ0v) is 18.9. The molecule has 4 heterocycles. The monoisotopic (exact) mass is 481 g/mol. The van der Waals surface area contributed by atoms with Crippen molar-refractivity contribution in [2.75, 3.05) is 11.9 Å². The molecule has 2 fully saturated rings. The molecule has 172 valence electrons. The maximum atomic E-state index is 12.6. The van der Waals surface area contributed by atoms with Gasteiger partial charge in [0.15, 0.2) is 0 Å². The Kier molecular flexibility index (Phi) is 6.05. The molecule has 32 heavy (non-hydrogen) atoms. The third-order valence-corrected chi connectivity index (χ3v) is 8.52. The molecule has 0 saturated carbocycles. The van der Waals surface area contributed by atoms with E-state index in [1.165, 1.54) is 29.7 Å². The normalized spacial score (nSPS) is 30.2. The Labute approximate surface area is 191 Å². The van der Waals surface area contributed by atoms with Gasteiger partial charge in [-0.3, -0.25) is 9.59 Å². The molecule has 3 aliphatic rings. The molecule has 1 aromatic rings. The van der Waals surface area contributed by atoms with Gasteiger partial charge in [-0.05, 0) is 19.4 Å². The van der Waals surface area contributed by atoms with Gasteiger partial charge < -0.3 is 30.9 Å². The Bertz CT molecular complexity index is 1020. The van der Waals surface area contributed by atoms with Crippen molar-refractivity contribution in [3.63, 3.8) is 0 Å². The van der Waals surface area contributed by atoms with Crippen molar-refractivity contribution in [2.45, 2.75) is 43.7 Å². The number of nitrogens with zero attached hydrogens (tertiary/aromatic N) is 1. The molecule has 0 radical (unpaired) electrons. The number of aliphatic hydroxyl groups excluding tert-OH is 1. The minimum atomic E-state index is -1.17. The molecular formula is C20H23N3O7S2. The van der Waals surface area contributed by atoms with E-state index in [1.54, 1.807) is 5.38 Å². The van der Waals surface area contributed by atoms with Crippen molar-refractivity contribution >= 4 is 52.5 Å². The molecule has 4 rings (SSSR count). The van der Waals surface area contributed by atoms with Gasteiger partial charge >= 0.3 is 11.9 Å². The molecule has 6 atom stereocenters. The van der Waals surface area contributed by atoms with Gasteiger partial charge in [-0.15, -0.1) is 23.1 Å². The predicted molar refractivity (Wildman–Crippen MR) is 117 cm³/mol. The van der Waals surface area contributed by atoms with E-state index in [1.807, 2.05) is 6.92 Å². The fourth-order valence-electron chi connectivity index (χ4n) is 4.59. The lowest BCUT2D eigenvalue weighted by Gasteiger charge is -2.46. The van der Waals surface area contributed by atoms with Gasteiger partial charge in [0.25, 0.3) is 0 Å². The van der Waals surface area contributed by atoms with E-state index in [4.69, 9.17) is 5.11 Å². The molecule has 12 heteroatoms. The summed E-state index contributed by atoms with van der Waals surface area (Å²) in [5.41, 5.74) is 0.393. The van der Waals surface area contributed by atoms with Crippen LogP contribution in [-0.2, 0) is 14.4 Å². The Morgan fingerprint density at radius 1 is 1.31 bits per heavy atom. The van der Waals surface area contributed by atoms with Crippen molar-refractivity contribution in [2.24, 2.45) is 11.8 Å². The second-order valence-corrected chi connectivity index (χ2v) is 10.5. The van der Waals surface area contributed by atoms with Crippen molar-refractivity contribution in [1.29, 1.82) is 0 Å². The Hall–Kier alpha value is -2.41. The van der Waals surface area contributed by atoms with Crippen LogP contribution in [0, 0.1) is 11.8 Å². The summed E-state index contributed by atoms with van der Waals surface area (Å²) in [5, 5.41) is 36.0. The zero-order valence-electron chi connectivity index (χ0n) is 17.3. The largest absolute Gasteiger partial charge is 0.477 e. The van der Waals surface area contributed by atoms with Gasteiger partial charge in [0.1, 0.15) is 10.6 Å². The van der Waals surface area contributed by atoms with Crippen LogP contribution >= 0.6 is 23.1 Å². The van der Waals surface area contributed by atoms with Crippen LogP contribution in [0.3, 0.4) is 0 Å².